The summed E-state index contributed by atoms with van der Waals surface area (Å²) in [5, 5.41) is 2.13. The van der Waals surface area contributed by atoms with Gasteiger partial charge in [0, 0.05) is 23.1 Å². The number of nitrogens with zero attached hydrogens (tertiary/aromatic N) is 1. The number of rotatable bonds is 5. The Labute approximate surface area is 147 Å². The highest BCUT2D eigenvalue weighted by Gasteiger charge is 2.31. The summed E-state index contributed by atoms with van der Waals surface area (Å²) in [6.45, 7) is 2.93. The van der Waals surface area contributed by atoms with E-state index in [2.05, 4.69) is 18.4 Å². The highest BCUT2D eigenvalue weighted by molar-refractivity contribution is 7.10. The van der Waals surface area contributed by atoms with E-state index in [0.29, 0.717) is 17.1 Å². The molecule has 5 heteroatoms. The molecule has 2 heterocycles. The van der Waals surface area contributed by atoms with Gasteiger partial charge in [0.15, 0.2) is 0 Å². The number of amides is 1. The molecule has 1 aliphatic rings. The van der Waals surface area contributed by atoms with E-state index in [1.54, 1.807) is 43.8 Å². The van der Waals surface area contributed by atoms with E-state index in [1.165, 1.54) is 10.4 Å². The van der Waals surface area contributed by atoms with Crippen molar-refractivity contribution in [1.29, 1.82) is 0 Å². The Bertz CT molecular complexity index is 703. The van der Waals surface area contributed by atoms with Crippen LogP contribution in [0.15, 0.2) is 29.6 Å². The molecule has 0 aliphatic carbocycles. The summed E-state index contributed by atoms with van der Waals surface area (Å²) < 4.78 is 10.6. The molecule has 1 amide bonds. The predicted molar refractivity (Wildman–Crippen MR) is 96.3 cm³/mol. The van der Waals surface area contributed by atoms with E-state index in [4.69, 9.17) is 9.47 Å². The molecule has 1 aromatic heterocycles. The van der Waals surface area contributed by atoms with Gasteiger partial charge in [-0.15, -0.1) is 11.3 Å². The van der Waals surface area contributed by atoms with Gasteiger partial charge in [-0.05, 0) is 42.0 Å². The first kappa shape index (κ1) is 16.8. The van der Waals surface area contributed by atoms with Crippen LogP contribution in [0.25, 0.3) is 0 Å². The summed E-state index contributed by atoms with van der Waals surface area (Å²) in [6.07, 6.45) is 2.96. The third-order valence-electron chi connectivity index (χ3n) is 4.52. The van der Waals surface area contributed by atoms with Crippen LogP contribution < -0.4 is 9.47 Å². The van der Waals surface area contributed by atoms with Crippen LogP contribution >= 0.6 is 11.3 Å². The molecule has 0 spiro atoms. The molecule has 4 nitrogen and oxygen atoms in total. The summed E-state index contributed by atoms with van der Waals surface area (Å²) in [4.78, 5) is 16.6. The Kier molecular flexibility index (Phi) is 5.09. The maximum Gasteiger partial charge on any atom is 0.254 e. The van der Waals surface area contributed by atoms with Crippen LogP contribution in [-0.2, 0) is 6.42 Å². The second-order valence-electron chi connectivity index (χ2n) is 5.95. The minimum Gasteiger partial charge on any atom is -0.497 e. The fraction of sp³-hybridized carbons (Fsp3) is 0.421. The van der Waals surface area contributed by atoms with E-state index >= 15 is 0 Å². The van der Waals surface area contributed by atoms with E-state index in [1.807, 2.05) is 4.90 Å². The fourth-order valence-corrected chi connectivity index (χ4v) is 4.25. The number of ether oxygens (including phenoxy) is 2. The second kappa shape index (κ2) is 7.26. The van der Waals surface area contributed by atoms with E-state index < -0.39 is 0 Å². The lowest BCUT2D eigenvalue weighted by Crippen LogP contribution is -2.39. The highest BCUT2D eigenvalue weighted by atomic mass is 32.1. The van der Waals surface area contributed by atoms with Crippen LogP contribution in [0.3, 0.4) is 0 Å². The lowest BCUT2D eigenvalue weighted by Gasteiger charge is -2.36. The zero-order valence-electron chi connectivity index (χ0n) is 14.4. The number of fused-ring (bicyclic) bond motifs is 1. The molecule has 3 rings (SSSR count). The third kappa shape index (κ3) is 3.13. The molecule has 0 fully saturated rings. The quantitative estimate of drug-likeness (QED) is 0.811. The van der Waals surface area contributed by atoms with Gasteiger partial charge in [-0.2, -0.15) is 0 Å². The number of methoxy groups -OCH3 is 2. The maximum atomic E-state index is 13.2. The molecule has 1 atom stereocenters. The van der Waals surface area contributed by atoms with Gasteiger partial charge in [0.05, 0.1) is 20.3 Å². The summed E-state index contributed by atoms with van der Waals surface area (Å²) in [7, 11) is 3.20. The molecular formula is C19H23NO3S. The minimum atomic E-state index is 0.0440. The Morgan fingerprint density at radius 3 is 2.58 bits per heavy atom. The van der Waals surface area contributed by atoms with E-state index in [9.17, 15) is 4.79 Å². The van der Waals surface area contributed by atoms with E-state index in [-0.39, 0.29) is 11.9 Å². The highest BCUT2D eigenvalue weighted by Crippen LogP contribution is 2.37. The van der Waals surface area contributed by atoms with Gasteiger partial charge in [0.25, 0.3) is 5.91 Å². The summed E-state index contributed by atoms with van der Waals surface area (Å²) in [5.41, 5.74) is 1.93. The number of hydrogen-bond donors (Lipinski definition) is 0. The molecule has 0 unspecified atom stereocenters. The standard InChI is InChI=1S/C19H23NO3S/c1-4-5-17-16-7-9-24-18(16)6-8-20(17)19(21)13-10-14(22-2)12-15(11-13)23-3/h7,9-12,17H,4-6,8H2,1-3H3/t17-/m0/s1. The van der Waals surface area contributed by atoms with Gasteiger partial charge < -0.3 is 14.4 Å². The van der Waals surface area contributed by atoms with Crippen molar-refractivity contribution < 1.29 is 14.3 Å². The van der Waals surface area contributed by atoms with Crippen molar-refractivity contribution in [1.82, 2.24) is 4.90 Å². The van der Waals surface area contributed by atoms with Gasteiger partial charge in [0.2, 0.25) is 0 Å². The van der Waals surface area contributed by atoms with Gasteiger partial charge in [0.1, 0.15) is 11.5 Å². The molecule has 0 bridgehead atoms. The molecule has 0 saturated heterocycles. The normalized spacial score (nSPS) is 16.6. The molecule has 1 aliphatic heterocycles. The molecule has 1 aromatic carbocycles. The minimum absolute atomic E-state index is 0.0440. The topological polar surface area (TPSA) is 38.8 Å². The Morgan fingerprint density at radius 1 is 1.25 bits per heavy atom. The van der Waals surface area contributed by atoms with Crippen LogP contribution in [0.1, 0.15) is 46.6 Å². The molecule has 24 heavy (non-hydrogen) atoms. The van der Waals surface area contributed by atoms with Crippen LogP contribution in [0.5, 0.6) is 11.5 Å². The van der Waals surface area contributed by atoms with Crippen LogP contribution in [0.4, 0.5) is 0 Å². The van der Waals surface area contributed by atoms with Crippen molar-refractivity contribution in [2.24, 2.45) is 0 Å². The first-order chi connectivity index (χ1) is 11.7. The smallest absolute Gasteiger partial charge is 0.254 e. The SMILES string of the molecule is CCC[C@H]1c2ccsc2CCN1C(=O)c1cc(OC)cc(OC)c1. The third-order valence-corrected chi connectivity index (χ3v) is 5.51. The molecule has 0 radical (unpaired) electrons. The monoisotopic (exact) mass is 345 g/mol. The average Bonchev–Trinajstić information content (AvgIpc) is 3.10. The van der Waals surface area contributed by atoms with Crippen LogP contribution in [-0.4, -0.2) is 31.6 Å². The summed E-state index contributed by atoms with van der Waals surface area (Å²) in [6, 6.07) is 7.70. The lowest BCUT2D eigenvalue weighted by molar-refractivity contribution is 0.0651. The summed E-state index contributed by atoms with van der Waals surface area (Å²) in [5.74, 6) is 1.32. The number of carbonyl (C=O) groups is 1. The Hall–Kier alpha value is -2.01. The predicted octanol–water partition coefficient (Wildman–Crippen LogP) is 4.31. The lowest BCUT2D eigenvalue weighted by atomic mass is 9.95. The largest absolute Gasteiger partial charge is 0.497 e. The molecule has 0 saturated carbocycles. The first-order valence-corrected chi connectivity index (χ1v) is 9.16. The molecule has 0 N–H and O–H groups in total. The molecular weight excluding hydrogens is 322 g/mol. The van der Waals surface area contributed by atoms with Crippen molar-refractivity contribution >= 4 is 17.2 Å². The number of hydrogen-bond acceptors (Lipinski definition) is 4. The second-order valence-corrected chi connectivity index (χ2v) is 6.95. The number of thiophene rings is 1. The zero-order chi connectivity index (χ0) is 17.1. The van der Waals surface area contributed by atoms with Gasteiger partial charge in [-0.1, -0.05) is 13.3 Å². The summed E-state index contributed by atoms with van der Waals surface area (Å²) >= 11 is 1.80. The average molecular weight is 345 g/mol. The fourth-order valence-electron chi connectivity index (χ4n) is 3.32. The number of carbonyl (C=O) groups excluding carboxylic acids is 1. The van der Waals surface area contributed by atoms with Crippen molar-refractivity contribution in [3.63, 3.8) is 0 Å². The number of benzene rings is 1. The zero-order valence-corrected chi connectivity index (χ0v) is 15.2. The van der Waals surface area contributed by atoms with Crippen molar-refractivity contribution in [2.45, 2.75) is 32.2 Å². The van der Waals surface area contributed by atoms with Crippen LogP contribution in [0, 0.1) is 0 Å². The van der Waals surface area contributed by atoms with Crippen LogP contribution in [0.2, 0.25) is 0 Å². The van der Waals surface area contributed by atoms with Crippen molar-refractivity contribution in [2.75, 3.05) is 20.8 Å². The van der Waals surface area contributed by atoms with Crippen molar-refractivity contribution in [3.05, 3.63) is 45.6 Å². The van der Waals surface area contributed by atoms with E-state index in [0.717, 1.165) is 25.8 Å². The van der Waals surface area contributed by atoms with Gasteiger partial charge in [-0.25, -0.2) is 0 Å². The Morgan fingerprint density at radius 2 is 1.96 bits per heavy atom. The van der Waals surface area contributed by atoms with Gasteiger partial charge in [-0.3, -0.25) is 4.79 Å². The first-order valence-electron chi connectivity index (χ1n) is 8.28. The van der Waals surface area contributed by atoms with Gasteiger partial charge >= 0.3 is 0 Å². The van der Waals surface area contributed by atoms with Crippen molar-refractivity contribution in [3.8, 4) is 11.5 Å². The maximum absolute atomic E-state index is 13.2. The Balaban J connectivity index is 1.94. The molecule has 2 aromatic rings. The molecule has 128 valence electrons.